The Kier molecular flexibility index (Phi) is 5.02. The molecule has 0 bridgehead atoms. The molecule has 20 heavy (non-hydrogen) atoms. The number of benzene rings is 1. The Bertz CT molecular complexity index is 451. The molecule has 1 unspecified atom stereocenters. The van der Waals surface area contributed by atoms with Crippen molar-refractivity contribution in [2.24, 2.45) is 5.73 Å². The fraction of sp³-hybridized carbons (Fsp3) is 0.600. The van der Waals surface area contributed by atoms with Crippen molar-refractivity contribution < 1.29 is 13.2 Å². The van der Waals surface area contributed by atoms with Crippen molar-refractivity contribution in [3.8, 4) is 0 Å². The topological polar surface area (TPSA) is 26.0 Å². The SMILES string of the molecule is CC(N)Cc1ccc(SC2CCCC2)cc1C(F)(F)F. The number of thioether (sulfide) groups is 1. The largest absolute Gasteiger partial charge is 0.416 e. The van der Waals surface area contributed by atoms with Gasteiger partial charge in [0.2, 0.25) is 0 Å². The summed E-state index contributed by atoms with van der Waals surface area (Å²) in [5.74, 6) is 0. The Morgan fingerprint density at radius 1 is 1.30 bits per heavy atom. The van der Waals surface area contributed by atoms with E-state index in [0.29, 0.717) is 10.8 Å². The molecule has 1 aromatic carbocycles. The second-order valence-corrected chi connectivity index (χ2v) is 6.90. The van der Waals surface area contributed by atoms with Crippen LogP contribution in [0.2, 0.25) is 0 Å². The van der Waals surface area contributed by atoms with Gasteiger partial charge in [-0.2, -0.15) is 13.2 Å². The van der Waals surface area contributed by atoms with Gasteiger partial charge in [-0.1, -0.05) is 18.9 Å². The lowest BCUT2D eigenvalue weighted by Crippen LogP contribution is -2.20. The molecule has 1 nitrogen and oxygen atoms in total. The van der Waals surface area contributed by atoms with E-state index < -0.39 is 11.7 Å². The van der Waals surface area contributed by atoms with Gasteiger partial charge >= 0.3 is 6.18 Å². The predicted octanol–water partition coefficient (Wildman–Crippen LogP) is 4.63. The van der Waals surface area contributed by atoms with Crippen LogP contribution in [-0.4, -0.2) is 11.3 Å². The summed E-state index contributed by atoms with van der Waals surface area (Å²) >= 11 is 1.58. The van der Waals surface area contributed by atoms with Crippen LogP contribution >= 0.6 is 11.8 Å². The molecule has 1 saturated carbocycles. The molecule has 1 aromatic rings. The molecule has 2 rings (SSSR count). The first-order valence-electron chi connectivity index (χ1n) is 6.98. The summed E-state index contributed by atoms with van der Waals surface area (Å²) in [6, 6.07) is 4.41. The van der Waals surface area contributed by atoms with Gasteiger partial charge in [-0.05, 0) is 43.9 Å². The summed E-state index contributed by atoms with van der Waals surface area (Å²) in [6.45, 7) is 1.72. The van der Waals surface area contributed by atoms with Crippen molar-refractivity contribution in [2.75, 3.05) is 0 Å². The van der Waals surface area contributed by atoms with Gasteiger partial charge in [-0.3, -0.25) is 0 Å². The molecule has 0 aliphatic heterocycles. The van der Waals surface area contributed by atoms with Crippen LogP contribution in [0.5, 0.6) is 0 Å². The van der Waals surface area contributed by atoms with Gasteiger partial charge in [0.15, 0.2) is 0 Å². The molecule has 0 aromatic heterocycles. The van der Waals surface area contributed by atoms with Crippen LogP contribution in [0, 0.1) is 0 Å². The Balaban J connectivity index is 2.23. The molecule has 1 atom stereocenters. The van der Waals surface area contributed by atoms with Crippen LogP contribution in [0.3, 0.4) is 0 Å². The summed E-state index contributed by atoms with van der Waals surface area (Å²) in [5.41, 5.74) is 5.40. The number of rotatable bonds is 4. The third kappa shape index (κ3) is 4.16. The van der Waals surface area contributed by atoms with Crippen molar-refractivity contribution in [3.63, 3.8) is 0 Å². The lowest BCUT2D eigenvalue weighted by atomic mass is 10.0. The van der Waals surface area contributed by atoms with Gasteiger partial charge in [0.25, 0.3) is 0 Å². The molecule has 0 spiro atoms. The minimum absolute atomic E-state index is 0.253. The zero-order chi connectivity index (χ0) is 14.8. The zero-order valence-electron chi connectivity index (χ0n) is 11.5. The average molecular weight is 303 g/mol. The summed E-state index contributed by atoms with van der Waals surface area (Å²) in [7, 11) is 0. The molecule has 1 aliphatic carbocycles. The Hall–Kier alpha value is -0.680. The summed E-state index contributed by atoms with van der Waals surface area (Å²) in [6.07, 6.45) is 0.528. The van der Waals surface area contributed by atoms with Crippen LogP contribution in [0.1, 0.15) is 43.7 Å². The lowest BCUT2D eigenvalue weighted by Gasteiger charge is -2.17. The van der Waals surface area contributed by atoms with E-state index in [9.17, 15) is 13.2 Å². The summed E-state index contributed by atoms with van der Waals surface area (Å²) < 4.78 is 39.4. The van der Waals surface area contributed by atoms with Crippen LogP contribution in [0.15, 0.2) is 23.1 Å². The van der Waals surface area contributed by atoms with Crippen LogP contribution in [-0.2, 0) is 12.6 Å². The fourth-order valence-electron chi connectivity index (χ4n) is 2.62. The van der Waals surface area contributed by atoms with Gasteiger partial charge < -0.3 is 5.73 Å². The molecular formula is C15H20F3NS. The number of hydrogen-bond acceptors (Lipinski definition) is 2. The highest BCUT2D eigenvalue weighted by atomic mass is 32.2. The number of hydrogen-bond donors (Lipinski definition) is 1. The van der Waals surface area contributed by atoms with Crippen molar-refractivity contribution in [1.29, 1.82) is 0 Å². The third-order valence-corrected chi connectivity index (χ3v) is 4.86. The van der Waals surface area contributed by atoms with Crippen molar-refractivity contribution in [2.45, 2.75) is 61.4 Å². The van der Waals surface area contributed by atoms with Crippen LogP contribution < -0.4 is 5.73 Å². The molecule has 0 saturated heterocycles. The quantitative estimate of drug-likeness (QED) is 0.877. The van der Waals surface area contributed by atoms with E-state index in [0.717, 1.165) is 17.7 Å². The first-order valence-corrected chi connectivity index (χ1v) is 7.86. The normalized spacial score (nSPS) is 18.4. The third-order valence-electron chi connectivity index (χ3n) is 3.53. The Morgan fingerprint density at radius 3 is 2.50 bits per heavy atom. The van der Waals surface area contributed by atoms with E-state index in [4.69, 9.17) is 5.73 Å². The van der Waals surface area contributed by atoms with Crippen molar-refractivity contribution in [1.82, 2.24) is 0 Å². The number of nitrogens with two attached hydrogens (primary N) is 1. The fourth-order valence-corrected chi connectivity index (χ4v) is 3.90. The molecule has 0 amide bonds. The van der Waals surface area contributed by atoms with E-state index in [1.54, 1.807) is 30.8 Å². The van der Waals surface area contributed by atoms with Crippen LogP contribution in [0.25, 0.3) is 0 Å². The van der Waals surface area contributed by atoms with Gasteiger partial charge in [-0.15, -0.1) is 11.8 Å². The highest BCUT2D eigenvalue weighted by Gasteiger charge is 2.34. The highest BCUT2D eigenvalue weighted by Crippen LogP contribution is 2.39. The first-order chi connectivity index (χ1) is 9.36. The predicted molar refractivity (Wildman–Crippen MR) is 76.9 cm³/mol. The second kappa shape index (κ2) is 6.39. The zero-order valence-corrected chi connectivity index (χ0v) is 12.4. The molecule has 1 fully saturated rings. The Labute approximate surface area is 122 Å². The highest BCUT2D eigenvalue weighted by molar-refractivity contribution is 8.00. The van der Waals surface area contributed by atoms with Crippen molar-refractivity contribution in [3.05, 3.63) is 29.3 Å². The van der Waals surface area contributed by atoms with E-state index >= 15 is 0 Å². The summed E-state index contributed by atoms with van der Waals surface area (Å²) in [4.78, 5) is 0.720. The van der Waals surface area contributed by atoms with Gasteiger partial charge in [-0.25, -0.2) is 0 Å². The maximum absolute atomic E-state index is 13.1. The van der Waals surface area contributed by atoms with Crippen LogP contribution in [0.4, 0.5) is 13.2 Å². The lowest BCUT2D eigenvalue weighted by molar-refractivity contribution is -0.138. The molecule has 5 heteroatoms. The summed E-state index contributed by atoms with van der Waals surface area (Å²) in [5, 5.41) is 0.468. The van der Waals surface area contributed by atoms with Gasteiger partial charge in [0.1, 0.15) is 0 Å². The van der Waals surface area contributed by atoms with E-state index in [2.05, 4.69) is 0 Å². The Morgan fingerprint density at radius 2 is 1.95 bits per heavy atom. The second-order valence-electron chi connectivity index (χ2n) is 5.52. The standard InChI is InChI=1S/C15H20F3NS/c1-10(19)8-11-6-7-13(9-14(11)15(16,17)18)20-12-4-2-3-5-12/h6-7,9-10,12H,2-5,8,19H2,1H3. The average Bonchev–Trinajstić information content (AvgIpc) is 2.82. The maximum Gasteiger partial charge on any atom is 0.416 e. The molecule has 112 valence electrons. The minimum atomic E-state index is -4.31. The minimum Gasteiger partial charge on any atom is -0.328 e. The van der Waals surface area contributed by atoms with E-state index in [-0.39, 0.29) is 12.5 Å². The molecule has 1 aliphatic rings. The number of halogens is 3. The molecule has 0 radical (unpaired) electrons. The molecule has 2 N–H and O–H groups in total. The van der Waals surface area contributed by atoms with Crippen molar-refractivity contribution >= 4 is 11.8 Å². The maximum atomic E-state index is 13.1. The first kappa shape index (κ1) is 15.7. The van der Waals surface area contributed by atoms with Gasteiger partial charge in [0.05, 0.1) is 5.56 Å². The molecule has 0 heterocycles. The van der Waals surface area contributed by atoms with Gasteiger partial charge in [0, 0.05) is 16.2 Å². The van der Waals surface area contributed by atoms with E-state index in [1.807, 2.05) is 0 Å². The monoisotopic (exact) mass is 303 g/mol. The smallest absolute Gasteiger partial charge is 0.328 e. The molecular weight excluding hydrogens is 283 g/mol. The number of alkyl halides is 3. The van der Waals surface area contributed by atoms with E-state index in [1.165, 1.54) is 18.9 Å².